The molecule has 4 heteroatoms. The highest BCUT2D eigenvalue weighted by Gasteiger charge is 2.26. The van der Waals surface area contributed by atoms with E-state index in [1.54, 1.807) is 13.3 Å². The van der Waals surface area contributed by atoms with Gasteiger partial charge in [-0.1, -0.05) is 0 Å². The second-order valence-electron chi connectivity index (χ2n) is 4.22. The number of fused-ring (bicyclic) bond motifs is 1. The lowest BCUT2D eigenvalue weighted by Crippen LogP contribution is -2.48. The molecule has 0 N–H and O–H groups in total. The first kappa shape index (κ1) is 10.3. The number of pyridine rings is 1. The van der Waals surface area contributed by atoms with Crippen LogP contribution in [-0.4, -0.2) is 31.4 Å². The third-order valence-corrected chi connectivity index (χ3v) is 3.11. The zero-order valence-corrected chi connectivity index (χ0v) is 9.56. The molecule has 88 valence electrons. The van der Waals surface area contributed by atoms with Crippen molar-refractivity contribution in [1.29, 1.82) is 0 Å². The molecule has 0 atom stereocenters. The van der Waals surface area contributed by atoms with Crippen LogP contribution in [0.2, 0.25) is 0 Å². The van der Waals surface area contributed by atoms with E-state index in [1.807, 2.05) is 29.2 Å². The summed E-state index contributed by atoms with van der Waals surface area (Å²) in [4.78, 5) is 6.29. The molecule has 1 fully saturated rings. The maximum Gasteiger partial charge on any atom is 0.135 e. The van der Waals surface area contributed by atoms with E-state index in [4.69, 9.17) is 4.74 Å². The van der Waals surface area contributed by atoms with Crippen LogP contribution in [-0.2, 0) is 0 Å². The number of hydrogen-bond acceptors (Lipinski definition) is 3. The Hall–Kier alpha value is -1.84. The van der Waals surface area contributed by atoms with Gasteiger partial charge in [0.2, 0.25) is 0 Å². The summed E-state index contributed by atoms with van der Waals surface area (Å²) in [6.45, 7) is 0.960. The highest BCUT2D eigenvalue weighted by atomic mass is 19.1. The number of benzene rings is 1. The molecule has 1 aliphatic heterocycles. The van der Waals surface area contributed by atoms with Gasteiger partial charge >= 0.3 is 0 Å². The molecular formula is C13H13FN2O. The van der Waals surface area contributed by atoms with Crippen LogP contribution in [0.4, 0.5) is 10.1 Å². The van der Waals surface area contributed by atoms with Crippen molar-refractivity contribution < 1.29 is 9.13 Å². The van der Waals surface area contributed by atoms with E-state index in [2.05, 4.69) is 4.98 Å². The SMILES string of the molecule is COc1ccnc2ccc(N3CC(F)C3)cc12. The van der Waals surface area contributed by atoms with Crippen LogP contribution >= 0.6 is 0 Å². The molecule has 0 radical (unpaired) electrons. The molecule has 0 spiro atoms. The van der Waals surface area contributed by atoms with Crippen molar-refractivity contribution in [1.82, 2.24) is 4.98 Å². The Balaban J connectivity index is 2.05. The predicted octanol–water partition coefficient (Wildman–Crippen LogP) is 2.40. The summed E-state index contributed by atoms with van der Waals surface area (Å²) in [7, 11) is 1.64. The summed E-state index contributed by atoms with van der Waals surface area (Å²) >= 11 is 0. The minimum Gasteiger partial charge on any atom is -0.496 e. The molecule has 3 nitrogen and oxygen atoms in total. The summed E-state index contributed by atoms with van der Waals surface area (Å²) in [5, 5.41) is 0.967. The van der Waals surface area contributed by atoms with Gasteiger partial charge in [0.1, 0.15) is 11.9 Å². The van der Waals surface area contributed by atoms with E-state index in [0.29, 0.717) is 13.1 Å². The van der Waals surface area contributed by atoms with E-state index in [9.17, 15) is 4.39 Å². The fraction of sp³-hybridized carbons (Fsp3) is 0.308. The first-order valence-electron chi connectivity index (χ1n) is 5.59. The number of halogens is 1. The largest absolute Gasteiger partial charge is 0.496 e. The van der Waals surface area contributed by atoms with Gasteiger partial charge in [0.05, 0.1) is 25.7 Å². The third kappa shape index (κ3) is 1.69. The Morgan fingerprint density at radius 3 is 2.88 bits per heavy atom. The Labute approximate surface area is 98.8 Å². The monoisotopic (exact) mass is 232 g/mol. The molecule has 0 aliphatic carbocycles. The number of nitrogens with zero attached hydrogens (tertiary/aromatic N) is 2. The molecule has 1 aromatic carbocycles. The summed E-state index contributed by atoms with van der Waals surface area (Å²) in [5.41, 5.74) is 1.92. The molecule has 1 saturated heterocycles. The molecule has 17 heavy (non-hydrogen) atoms. The number of ether oxygens (including phenoxy) is 1. The van der Waals surface area contributed by atoms with E-state index in [1.165, 1.54) is 0 Å². The Morgan fingerprint density at radius 2 is 2.18 bits per heavy atom. The van der Waals surface area contributed by atoms with Gasteiger partial charge in [0.15, 0.2) is 0 Å². The van der Waals surface area contributed by atoms with Gasteiger partial charge in [-0.3, -0.25) is 4.98 Å². The first-order valence-corrected chi connectivity index (χ1v) is 5.59. The Morgan fingerprint density at radius 1 is 1.35 bits per heavy atom. The quantitative estimate of drug-likeness (QED) is 0.795. The van der Waals surface area contributed by atoms with Crippen LogP contribution in [0.1, 0.15) is 0 Å². The first-order chi connectivity index (χ1) is 8.28. The minimum atomic E-state index is -0.693. The lowest BCUT2D eigenvalue weighted by molar-refractivity contribution is 0.275. The lowest BCUT2D eigenvalue weighted by Gasteiger charge is -2.36. The fourth-order valence-corrected chi connectivity index (χ4v) is 2.12. The number of aromatic nitrogens is 1. The van der Waals surface area contributed by atoms with Crippen molar-refractivity contribution >= 4 is 16.6 Å². The number of anilines is 1. The molecule has 0 saturated carbocycles. The van der Waals surface area contributed by atoms with Gasteiger partial charge in [-0.2, -0.15) is 0 Å². The molecular weight excluding hydrogens is 219 g/mol. The molecule has 0 unspecified atom stereocenters. The maximum absolute atomic E-state index is 12.8. The zero-order valence-electron chi connectivity index (χ0n) is 9.56. The standard InChI is InChI=1S/C13H13FN2O/c1-17-13-4-5-15-12-3-2-10(6-11(12)13)16-7-9(14)8-16/h2-6,9H,7-8H2,1H3. The van der Waals surface area contributed by atoms with Crippen molar-refractivity contribution in [2.24, 2.45) is 0 Å². The van der Waals surface area contributed by atoms with Crippen molar-refractivity contribution in [2.75, 3.05) is 25.1 Å². The van der Waals surface area contributed by atoms with E-state index in [0.717, 1.165) is 22.3 Å². The van der Waals surface area contributed by atoms with Gasteiger partial charge in [0.25, 0.3) is 0 Å². The zero-order chi connectivity index (χ0) is 11.8. The van der Waals surface area contributed by atoms with Crippen LogP contribution in [0.25, 0.3) is 10.9 Å². The normalized spacial score (nSPS) is 16.0. The average molecular weight is 232 g/mol. The van der Waals surface area contributed by atoms with Crippen LogP contribution in [0.5, 0.6) is 5.75 Å². The summed E-state index contributed by atoms with van der Waals surface area (Å²) in [6, 6.07) is 7.76. The average Bonchev–Trinajstić information content (AvgIpc) is 2.33. The molecule has 1 aliphatic rings. The van der Waals surface area contributed by atoms with Crippen molar-refractivity contribution in [2.45, 2.75) is 6.17 Å². The second kappa shape index (κ2) is 3.87. The predicted molar refractivity (Wildman–Crippen MR) is 65.4 cm³/mol. The Kier molecular flexibility index (Phi) is 2.35. The van der Waals surface area contributed by atoms with E-state index < -0.39 is 6.17 Å². The number of hydrogen-bond donors (Lipinski definition) is 0. The Bertz CT molecular complexity index is 552. The highest BCUT2D eigenvalue weighted by Crippen LogP contribution is 2.30. The van der Waals surface area contributed by atoms with Gasteiger partial charge in [-0.15, -0.1) is 0 Å². The smallest absolute Gasteiger partial charge is 0.135 e. The number of methoxy groups -OCH3 is 1. The second-order valence-corrected chi connectivity index (χ2v) is 4.22. The summed E-state index contributed by atoms with van der Waals surface area (Å²) in [6.07, 6.45) is 1.03. The molecule has 1 aromatic heterocycles. The topological polar surface area (TPSA) is 25.4 Å². The summed E-state index contributed by atoms with van der Waals surface area (Å²) in [5.74, 6) is 0.800. The number of rotatable bonds is 2. The van der Waals surface area contributed by atoms with Crippen molar-refractivity contribution in [3.8, 4) is 5.75 Å². The van der Waals surface area contributed by atoms with Gasteiger partial charge in [-0.05, 0) is 24.3 Å². The van der Waals surface area contributed by atoms with Gasteiger partial charge in [0, 0.05) is 17.3 Å². The van der Waals surface area contributed by atoms with Crippen LogP contribution in [0, 0.1) is 0 Å². The molecule has 0 bridgehead atoms. The van der Waals surface area contributed by atoms with Crippen molar-refractivity contribution in [3.63, 3.8) is 0 Å². The maximum atomic E-state index is 12.8. The lowest BCUT2D eigenvalue weighted by atomic mass is 10.1. The van der Waals surface area contributed by atoms with Crippen LogP contribution < -0.4 is 9.64 Å². The molecule has 2 heterocycles. The number of alkyl halides is 1. The van der Waals surface area contributed by atoms with Crippen molar-refractivity contribution in [3.05, 3.63) is 30.5 Å². The fourth-order valence-electron chi connectivity index (χ4n) is 2.12. The van der Waals surface area contributed by atoms with E-state index in [-0.39, 0.29) is 0 Å². The highest BCUT2D eigenvalue weighted by molar-refractivity contribution is 5.88. The summed E-state index contributed by atoms with van der Waals surface area (Å²) < 4.78 is 18.1. The minimum absolute atomic E-state index is 0.480. The third-order valence-electron chi connectivity index (χ3n) is 3.11. The van der Waals surface area contributed by atoms with Crippen LogP contribution in [0.15, 0.2) is 30.5 Å². The van der Waals surface area contributed by atoms with Gasteiger partial charge < -0.3 is 9.64 Å². The molecule has 0 amide bonds. The van der Waals surface area contributed by atoms with Crippen LogP contribution in [0.3, 0.4) is 0 Å². The van der Waals surface area contributed by atoms with Gasteiger partial charge in [-0.25, -0.2) is 4.39 Å². The molecule has 3 rings (SSSR count). The molecule has 2 aromatic rings. The van der Waals surface area contributed by atoms with E-state index >= 15 is 0 Å².